The lowest BCUT2D eigenvalue weighted by Gasteiger charge is -2.23. The van der Waals surface area contributed by atoms with Crippen LogP contribution >= 0.6 is 0 Å². The van der Waals surface area contributed by atoms with Crippen LogP contribution in [0.3, 0.4) is 0 Å². The van der Waals surface area contributed by atoms with Crippen molar-refractivity contribution in [3.05, 3.63) is 72.9 Å². The predicted octanol–water partition coefficient (Wildman–Crippen LogP) is 4.95. The highest BCUT2D eigenvalue weighted by molar-refractivity contribution is 5.99. The van der Waals surface area contributed by atoms with Crippen molar-refractivity contribution in [1.29, 1.82) is 0 Å². The molecule has 1 aliphatic rings. The summed E-state index contributed by atoms with van der Waals surface area (Å²) in [6.45, 7) is 0. The van der Waals surface area contributed by atoms with Gasteiger partial charge in [0.2, 0.25) is 0 Å². The minimum Gasteiger partial charge on any atom is -0.453 e. The molecular weight excluding hydrogens is 298 g/mol. The van der Waals surface area contributed by atoms with Crippen LogP contribution in [0, 0.1) is 6.20 Å². The third-order valence-electron chi connectivity index (χ3n) is 4.15. The van der Waals surface area contributed by atoms with Crippen LogP contribution < -0.4 is 10.1 Å². The third kappa shape index (κ3) is 1.93. The van der Waals surface area contributed by atoms with Crippen LogP contribution in [0.25, 0.3) is 22.0 Å². The fourth-order valence-corrected chi connectivity index (χ4v) is 3.02. The Morgan fingerprint density at radius 2 is 1.67 bits per heavy atom. The number of hydrogen-bond acceptors (Lipinski definition) is 4. The normalized spacial score (nSPS) is 12.0. The Hall–Kier alpha value is -3.40. The Bertz CT molecular complexity index is 1070. The molecule has 0 unspecified atom stereocenters. The summed E-state index contributed by atoms with van der Waals surface area (Å²) in [6.07, 6.45) is 2.94. The predicted molar refractivity (Wildman–Crippen MR) is 93.6 cm³/mol. The molecule has 0 spiro atoms. The largest absolute Gasteiger partial charge is 0.453 e. The van der Waals surface area contributed by atoms with Gasteiger partial charge in [-0.1, -0.05) is 48.5 Å². The number of para-hydroxylation sites is 3. The molecule has 0 saturated heterocycles. The number of nitrogens with zero attached hydrogens (tertiary/aromatic N) is 2. The molecule has 1 radical (unpaired) electrons. The molecule has 24 heavy (non-hydrogen) atoms. The maximum atomic E-state index is 6.03. The molecule has 4 heteroatoms. The first kappa shape index (κ1) is 13.1. The molecule has 4 aromatic rings. The summed E-state index contributed by atoms with van der Waals surface area (Å²) in [5.41, 5.74) is 3.62. The number of anilines is 2. The van der Waals surface area contributed by atoms with E-state index in [2.05, 4.69) is 21.7 Å². The number of aromatic nitrogens is 2. The summed E-state index contributed by atoms with van der Waals surface area (Å²) >= 11 is 0. The van der Waals surface area contributed by atoms with Gasteiger partial charge in [0.25, 0.3) is 0 Å². The standard InChI is InChI=1S/C20H12N3O/c1-2-7-14-13(6-1)12-21-23-19(14)15-8-5-11-18-20(15)22-16-9-3-4-10-17(16)24-18/h1-11,22H. The molecule has 0 aliphatic carbocycles. The van der Waals surface area contributed by atoms with E-state index in [-0.39, 0.29) is 0 Å². The highest BCUT2D eigenvalue weighted by Gasteiger charge is 2.21. The number of fused-ring (bicyclic) bond motifs is 3. The first-order chi connectivity index (χ1) is 11.9. The Kier molecular flexibility index (Phi) is 2.76. The fraction of sp³-hybridized carbons (Fsp3) is 0. The van der Waals surface area contributed by atoms with Crippen molar-refractivity contribution in [2.24, 2.45) is 0 Å². The van der Waals surface area contributed by atoms with Gasteiger partial charge in [-0.2, -0.15) is 0 Å². The first-order valence-corrected chi connectivity index (χ1v) is 7.70. The van der Waals surface area contributed by atoms with E-state index >= 15 is 0 Å². The van der Waals surface area contributed by atoms with Crippen molar-refractivity contribution in [3.8, 4) is 22.8 Å². The molecule has 1 aliphatic heterocycles. The summed E-state index contributed by atoms with van der Waals surface area (Å²) in [6, 6.07) is 21.8. The quantitative estimate of drug-likeness (QED) is 0.476. The fourth-order valence-electron chi connectivity index (χ4n) is 3.02. The summed E-state index contributed by atoms with van der Waals surface area (Å²) in [5, 5.41) is 13.8. The van der Waals surface area contributed by atoms with E-state index in [1.165, 1.54) is 0 Å². The van der Waals surface area contributed by atoms with Crippen molar-refractivity contribution in [1.82, 2.24) is 10.2 Å². The number of nitrogens with one attached hydrogen (secondary N) is 1. The zero-order valence-electron chi connectivity index (χ0n) is 12.7. The van der Waals surface area contributed by atoms with Crippen molar-refractivity contribution in [2.75, 3.05) is 5.32 Å². The molecule has 1 aromatic heterocycles. The Labute approximate surface area is 138 Å². The van der Waals surface area contributed by atoms with Gasteiger partial charge in [0, 0.05) is 16.3 Å². The smallest absolute Gasteiger partial charge is 0.151 e. The first-order valence-electron chi connectivity index (χ1n) is 7.70. The lowest BCUT2D eigenvalue weighted by molar-refractivity contribution is 0.481. The molecule has 4 nitrogen and oxygen atoms in total. The molecule has 1 N–H and O–H groups in total. The van der Waals surface area contributed by atoms with Gasteiger partial charge in [-0.05, 0) is 18.2 Å². The third-order valence-corrected chi connectivity index (χ3v) is 4.15. The van der Waals surface area contributed by atoms with Crippen LogP contribution in [-0.2, 0) is 0 Å². The lowest BCUT2D eigenvalue weighted by atomic mass is 10.0. The molecule has 0 fully saturated rings. The van der Waals surface area contributed by atoms with Crippen LogP contribution in [0.1, 0.15) is 0 Å². The molecule has 0 saturated carbocycles. The molecule has 113 valence electrons. The van der Waals surface area contributed by atoms with Gasteiger partial charge >= 0.3 is 0 Å². The molecule has 0 bridgehead atoms. The minimum absolute atomic E-state index is 0.782. The zero-order chi connectivity index (χ0) is 15.9. The van der Waals surface area contributed by atoms with Crippen LogP contribution in [0.5, 0.6) is 11.5 Å². The van der Waals surface area contributed by atoms with Gasteiger partial charge < -0.3 is 10.1 Å². The van der Waals surface area contributed by atoms with Crippen molar-refractivity contribution < 1.29 is 4.74 Å². The lowest BCUT2D eigenvalue weighted by Crippen LogP contribution is -2.04. The van der Waals surface area contributed by atoms with Gasteiger partial charge in [-0.25, -0.2) is 0 Å². The van der Waals surface area contributed by atoms with E-state index in [9.17, 15) is 0 Å². The van der Waals surface area contributed by atoms with Crippen LogP contribution in [-0.4, -0.2) is 10.2 Å². The molecule has 0 amide bonds. The Morgan fingerprint density at radius 3 is 2.67 bits per heavy atom. The second-order valence-corrected chi connectivity index (χ2v) is 5.61. The molecule has 5 rings (SSSR count). The summed E-state index contributed by atoms with van der Waals surface area (Å²) < 4.78 is 6.03. The maximum absolute atomic E-state index is 6.03. The molecule has 2 heterocycles. The van der Waals surface area contributed by atoms with E-state index in [0.29, 0.717) is 0 Å². The summed E-state index contributed by atoms with van der Waals surface area (Å²) in [5.74, 6) is 1.60. The number of ether oxygens (including phenoxy) is 1. The second-order valence-electron chi connectivity index (χ2n) is 5.61. The van der Waals surface area contributed by atoms with Crippen molar-refractivity contribution >= 4 is 22.1 Å². The van der Waals surface area contributed by atoms with E-state index in [1.807, 2.05) is 66.7 Å². The van der Waals surface area contributed by atoms with E-state index < -0.39 is 0 Å². The maximum Gasteiger partial charge on any atom is 0.151 e. The second kappa shape index (κ2) is 5.06. The topological polar surface area (TPSA) is 47.0 Å². The molecule has 3 aromatic carbocycles. The average Bonchev–Trinajstić information content (AvgIpc) is 2.65. The van der Waals surface area contributed by atoms with E-state index in [0.717, 1.165) is 44.9 Å². The Morgan fingerprint density at radius 1 is 0.833 bits per heavy atom. The van der Waals surface area contributed by atoms with Gasteiger partial charge in [0.05, 0.1) is 11.4 Å². The molecule has 0 atom stereocenters. The Balaban J connectivity index is 1.74. The number of rotatable bonds is 1. The van der Waals surface area contributed by atoms with Crippen molar-refractivity contribution in [2.45, 2.75) is 0 Å². The molecular formula is C20H12N3O. The van der Waals surface area contributed by atoms with Gasteiger partial charge in [0.15, 0.2) is 11.5 Å². The van der Waals surface area contributed by atoms with Crippen LogP contribution in [0.2, 0.25) is 0 Å². The summed E-state index contributed by atoms with van der Waals surface area (Å²) in [4.78, 5) is 0. The summed E-state index contributed by atoms with van der Waals surface area (Å²) in [7, 11) is 0. The zero-order valence-corrected chi connectivity index (χ0v) is 12.7. The van der Waals surface area contributed by atoms with E-state index in [4.69, 9.17) is 4.74 Å². The average molecular weight is 310 g/mol. The number of hydrogen-bond donors (Lipinski definition) is 1. The number of benzene rings is 3. The monoisotopic (exact) mass is 310 g/mol. The van der Waals surface area contributed by atoms with Gasteiger partial charge in [0.1, 0.15) is 11.9 Å². The van der Waals surface area contributed by atoms with Crippen LogP contribution in [0.15, 0.2) is 66.7 Å². The van der Waals surface area contributed by atoms with Gasteiger partial charge in [-0.3, -0.25) is 0 Å². The highest BCUT2D eigenvalue weighted by atomic mass is 16.5. The SMILES string of the molecule is [c]1nnc(-c2cccc3c2Nc2ccccc2O3)c2ccccc12. The highest BCUT2D eigenvalue weighted by Crippen LogP contribution is 2.46. The van der Waals surface area contributed by atoms with Crippen LogP contribution in [0.4, 0.5) is 11.4 Å². The minimum atomic E-state index is 0.782. The van der Waals surface area contributed by atoms with E-state index in [1.54, 1.807) is 0 Å². The van der Waals surface area contributed by atoms with Gasteiger partial charge in [-0.15, -0.1) is 10.2 Å². The van der Waals surface area contributed by atoms with Crippen molar-refractivity contribution in [3.63, 3.8) is 0 Å².